The predicted octanol–water partition coefficient (Wildman–Crippen LogP) is 1.49. The van der Waals surface area contributed by atoms with Crippen LogP contribution >= 0.6 is 11.6 Å². The summed E-state index contributed by atoms with van der Waals surface area (Å²) < 4.78 is 26.9. The average Bonchev–Trinajstić information content (AvgIpc) is 3.22. The summed E-state index contributed by atoms with van der Waals surface area (Å²) in [5.74, 6) is -0.332. The molecule has 28 heavy (non-hydrogen) atoms. The first-order chi connectivity index (χ1) is 13.4. The molecule has 0 spiro atoms. The van der Waals surface area contributed by atoms with E-state index in [-0.39, 0.29) is 21.4 Å². The van der Waals surface area contributed by atoms with Gasteiger partial charge in [0, 0.05) is 45.8 Å². The van der Waals surface area contributed by atoms with Gasteiger partial charge < -0.3 is 15.1 Å². The number of piperazine rings is 1. The Morgan fingerprint density at radius 2 is 1.79 bits per heavy atom. The Morgan fingerprint density at radius 3 is 2.46 bits per heavy atom. The zero-order valence-electron chi connectivity index (χ0n) is 16.4. The number of rotatable bonds is 7. The molecule has 0 saturated carbocycles. The van der Waals surface area contributed by atoms with Gasteiger partial charge >= 0.3 is 0 Å². The van der Waals surface area contributed by atoms with Crippen molar-refractivity contribution in [1.29, 1.82) is 0 Å². The molecular formula is C19H29ClN4O3S. The first kappa shape index (κ1) is 21.5. The molecule has 2 aliphatic rings. The summed E-state index contributed by atoms with van der Waals surface area (Å²) in [7, 11) is -1.45. The van der Waals surface area contributed by atoms with E-state index in [1.54, 1.807) is 0 Å². The highest BCUT2D eigenvalue weighted by Crippen LogP contribution is 2.25. The molecular weight excluding hydrogens is 400 g/mol. The van der Waals surface area contributed by atoms with Gasteiger partial charge in [-0.25, -0.2) is 8.42 Å². The number of hydrogen-bond donors (Lipinski definition) is 1. The third kappa shape index (κ3) is 5.24. The van der Waals surface area contributed by atoms with Gasteiger partial charge in [-0.3, -0.25) is 4.79 Å². The monoisotopic (exact) mass is 428 g/mol. The number of hydrogen-bond acceptors (Lipinski definition) is 5. The molecule has 2 fully saturated rings. The van der Waals surface area contributed by atoms with E-state index in [0.29, 0.717) is 19.6 Å². The van der Waals surface area contributed by atoms with Crippen LogP contribution in [-0.4, -0.2) is 87.8 Å². The molecule has 0 aromatic heterocycles. The number of carbonyl (C=O) groups is 1. The van der Waals surface area contributed by atoms with Crippen molar-refractivity contribution in [2.45, 2.75) is 24.2 Å². The third-order valence-corrected chi connectivity index (χ3v) is 7.64. The number of sulfonamides is 1. The summed E-state index contributed by atoms with van der Waals surface area (Å²) in [6, 6.07) is 4.36. The van der Waals surface area contributed by atoms with Gasteiger partial charge in [0.1, 0.15) is 0 Å². The summed E-state index contributed by atoms with van der Waals surface area (Å²) in [5.41, 5.74) is 0.210. The molecule has 156 valence electrons. The van der Waals surface area contributed by atoms with Crippen molar-refractivity contribution in [1.82, 2.24) is 19.4 Å². The molecule has 0 bridgehead atoms. The predicted molar refractivity (Wildman–Crippen MR) is 110 cm³/mol. The van der Waals surface area contributed by atoms with Gasteiger partial charge in [-0.2, -0.15) is 4.31 Å². The Labute approximate surface area is 172 Å². The Hall–Kier alpha value is -1.19. The maximum Gasteiger partial charge on any atom is 0.252 e. The standard InChI is InChI=1S/C19H29ClN4O3S/c1-22-11-13-23(14-12-22)8-4-7-21-19(25)17-15-16(5-6-18(17)20)28(26,27)24-9-2-3-10-24/h5-6,15H,2-4,7-14H2,1H3,(H,21,25). The summed E-state index contributed by atoms with van der Waals surface area (Å²) in [5, 5.41) is 3.13. The van der Waals surface area contributed by atoms with Crippen LogP contribution < -0.4 is 5.32 Å². The molecule has 0 radical (unpaired) electrons. The van der Waals surface area contributed by atoms with Crippen LogP contribution in [0.3, 0.4) is 0 Å². The Balaban J connectivity index is 1.56. The molecule has 0 atom stereocenters. The smallest absolute Gasteiger partial charge is 0.252 e. The molecule has 2 heterocycles. The van der Waals surface area contributed by atoms with Crippen LogP contribution in [-0.2, 0) is 10.0 Å². The van der Waals surface area contributed by atoms with E-state index in [1.165, 1.54) is 22.5 Å². The van der Waals surface area contributed by atoms with E-state index in [1.807, 2.05) is 0 Å². The van der Waals surface area contributed by atoms with Gasteiger partial charge in [0.25, 0.3) is 5.91 Å². The topological polar surface area (TPSA) is 73.0 Å². The fourth-order valence-electron chi connectivity index (χ4n) is 3.59. The highest BCUT2D eigenvalue weighted by atomic mass is 35.5. The minimum atomic E-state index is -3.57. The number of amides is 1. The molecule has 1 amide bonds. The SMILES string of the molecule is CN1CCN(CCCNC(=O)c2cc(S(=O)(=O)N3CCCC3)ccc2Cl)CC1. The molecule has 2 saturated heterocycles. The fourth-order valence-corrected chi connectivity index (χ4v) is 5.33. The minimum Gasteiger partial charge on any atom is -0.352 e. The van der Waals surface area contributed by atoms with Crippen LogP contribution in [0, 0.1) is 0 Å². The van der Waals surface area contributed by atoms with Crippen LogP contribution in [0.4, 0.5) is 0 Å². The van der Waals surface area contributed by atoms with E-state index >= 15 is 0 Å². The van der Waals surface area contributed by atoms with E-state index < -0.39 is 10.0 Å². The van der Waals surface area contributed by atoms with Gasteiger partial charge in [-0.1, -0.05) is 11.6 Å². The van der Waals surface area contributed by atoms with Crippen molar-refractivity contribution in [3.8, 4) is 0 Å². The van der Waals surface area contributed by atoms with Gasteiger partial charge in [-0.15, -0.1) is 0 Å². The molecule has 3 rings (SSSR count). The molecule has 0 unspecified atom stereocenters. The second kappa shape index (κ2) is 9.54. The van der Waals surface area contributed by atoms with Crippen LogP contribution in [0.25, 0.3) is 0 Å². The lowest BCUT2D eigenvalue weighted by Crippen LogP contribution is -2.45. The second-order valence-electron chi connectivity index (χ2n) is 7.51. The van der Waals surface area contributed by atoms with Crippen molar-refractivity contribution < 1.29 is 13.2 Å². The van der Waals surface area contributed by atoms with Gasteiger partial charge in [0.05, 0.1) is 15.5 Å². The van der Waals surface area contributed by atoms with E-state index in [4.69, 9.17) is 11.6 Å². The zero-order chi connectivity index (χ0) is 20.1. The number of halogens is 1. The lowest BCUT2D eigenvalue weighted by molar-refractivity contribution is 0.0949. The maximum atomic E-state index is 12.7. The lowest BCUT2D eigenvalue weighted by Gasteiger charge is -2.32. The molecule has 1 aromatic carbocycles. The number of benzene rings is 1. The summed E-state index contributed by atoms with van der Waals surface area (Å²) >= 11 is 6.17. The largest absolute Gasteiger partial charge is 0.352 e. The van der Waals surface area contributed by atoms with Crippen molar-refractivity contribution in [3.63, 3.8) is 0 Å². The highest BCUT2D eigenvalue weighted by molar-refractivity contribution is 7.89. The first-order valence-corrected chi connectivity index (χ1v) is 11.7. The summed E-state index contributed by atoms with van der Waals surface area (Å²) in [6.45, 7) is 6.76. The lowest BCUT2D eigenvalue weighted by atomic mass is 10.2. The first-order valence-electron chi connectivity index (χ1n) is 9.87. The van der Waals surface area contributed by atoms with Gasteiger partial charge in [0.2, 0.25) is 10.0 Å². The van der Waals surface area contributed by atoms with Crippen LogP contribution in [0.2, 0.25) is 5.02 Å². The number of likely N-dealkylation sites (N-methyl/N-ethyl adjacent to an activating group) is 1. The summed E-state index contributed by atoms with van der Waals surface area (Å²) in [6.07, 6.45) is 2.58. The highest BCUT2D eigenvalue weighted by Gasteiger charge is 2.28. The normalized spacial score (nSPS) is 19.8. The Morgan fingerprint density at radius 1 is 1.11 bits per heavy atom. The molecule has 1 N–H and O–H groups in total. The fraction of sp³-hybridized carbons (Fsp3) is 0.632. The van der Waals surface area contributed by atoms with Gasteiger partial charge in [0.15, 0.2) is 0 Å². The van der Waals surface area contributed by atoms with Crippen molar-refractivity contribution in [2.75, 3.05) is 59.4 Å². The number of nitrogens with one attached hydrogen (secondary N) is 1. The number of carbonyl (C=O) groups excluding carboxylic acids is 1. The van der Waals surface area contributed by atoms with Gasteiger partial charge in [-0.05, 0) is 51.1 Å². The minimum absolute atomic E-state index is 0.126. The zero-order valence-corrected chi connectivity index (χ0v) is 17.9. The van der Waals surface area contributed by atoms with Crippen molar-refractivity contribution in [2.24, 2.45) is 0 Å². The van der Waals surface area contributed by atoms with E-state index in [0.717, 1.165) is 52.0 Å². The third-order valence-electron chi connectivity index (χ3n) is 5.42. The van der Waals surface area contributed by atoms with E-state index in [2.05, 4.69) is 22.2 Å². The molecule has 9 heteroatoms. The van der Waals surface area contributed by atoms with Crippen LogP contribution in [0.15, 0.2) is 23.1 Å². The Kier molecular flexibility index (Phi) is 7.33. The Bertz CT molecular complexity index is 788. The molecule has 7 nitrogen and oxygen atoms in total. The molecule has 2 aliphatic heterocycles. The van der Waals surface area contributed by atoms with E-state index in [9.17, 15) is 13.2 Å². The van der Waals surface area contributed by atoms with Crippen molar-refractivity contribution >= 4 is 27.5 Å². The summed E-state index contributed by atoms with van der Waals surface area (Å²) in [4.78, 5) is 17.4. The average molecular weight is 429 g/mol. The molecule has 1 aromatic rings. The van der Waals surface area contributed by atoms with Crippen molar-refractivity contribution in [3.05, 3.63) is 28.8 Å². The van der Waals surface area contributed by atoms with Crippen LogP contribution in [0.1, 0.15) is 29.6 Å². The second-order valence-corrected chi connectivity index (χ2v) is 9.85. The molecule has 0 aliphatic carbocycles. The number of nitrogens with zero attached hydrogens (tertiary/aromatic N) is 3. The quantitative estimate of drug-likeness (QED) is 0.666. The maximum absolute atomic E-state index is 12.7. The van der Waals surface area contributed by atoms with Crippen LogP contribution in [0.5, 0.6) is 0 Å².